The Morgan fingerprint density at radius 3 is 1.88 bits per heavy atom. The fourth-order valence-corrected chi connectivity index (χ4v) is 3.11. The molecule has 0 aromatic carbocycles. The van der Waals surface area contributed by atoms with E-state index in [0.717, 1.165) is 12.8 Å². The molecule has 0 aromatic heterocycles. The van der Waals surface area contributed by atoms with Gasteiger partial charge >= 0.3 is 0 Å². The van der Waals surface area contributed by atoms with Crippen molar-refractivity contribution in [3.63, 3.8) is 0 Å². The Hall–Kier alpha value is -0.530. The normalized spacial score (nSPS) is 25.0. The molecule has 0 unspecified atom stereocenters. The first-order valence-corrected chi connectivity index (χ1v) is 7.16. The number of hydrogen-bond donors (Lipinski definition) is 1. The van der Waals surface area contributed by atoms with Gasteiger partial charge in [-0.2, -0.15) is 0 Å². The smallest absolute Gasteiger partial charge is 0.223 e. The molecule has 1 amide bonds. The standard InChI is InChI=1S/C14H25NO/c16-14(12-8-6-7-9-12)15-13-10-4-2-1-3-5-11-13/h12-13H,1-11H2,(H,15,16). The maximum Gasteiger partial charge on any atom is 0.223 e. The maximum absolute atomic E-state index is 12.0. The first-order chi connectivity index (χ1) is 7.86. The van der Waals surface area contributed by atoms with Crippen molar-refractivity contribution >= 4 is 5.91 Å². The highest BCUT2D eigenvalue weighted by Crippen LogP contribution is 2.25. The summed E-state index contributed by atoms with van der Waals surface area (Å²) >= 11 is 0. The zero-order chi connectivity index (χ0) is 11.2. The van der Waals surface area contributed by atoms with Gasteiger partial charge in [0.2, 0.25) is 5.91 Å². The van der Waals surface area contributed by atoms with Crippen LogP contribution < -0.4 is 5.32 Å². The largest absolute Gasteiger partial charge is 0.353 e. The summed E-state index contributed by atoms with van der Waals surface area (Å²) in [6, 6.07) is 0.480. The van der Waals surface area contributed by atoms with Crippen LogP contribution in [0, 0.1) is 5.92 Å². The lowest BCUT2D eigenvalue weighted by molar-refractivity contribution is -0.125. The zero-order valence-electron chi connectivity index (χ0n) is 10.3. The van der Waals surface area contributed by atoms with E-state index in [0.29, 0.717) is 17.9 Å². The predicted molar refractivity (Wildman–Crippen MR) is 66.2 cm³/mol. The predicted octanol–water partition coefficient (Wildman–Crippen LogP) is 3.41. The molecule has 0 saturated heterocycles. The summed E-state index contributed by atoms with van der Waals surface area (Å²) in [5.74, 6) is 0.688. The first-order valence-electron chi connectivity index (χ1n) is 7.16. The van der Waals surface area contributed by atoms with Gasteiger partial charge in [0.25, 0.3) is 0 Å². The summed E-state index contributed by atoms with van der Waals surface area (Å²) in [6.45, 7) is 0. The highest BCUT2D eigenvalue weighted by atomic mass is 16.1. The van der Waals surface area contributed by atoms with Gasteiger partial charge in [-0.05, 0) is 25.7 Å². The minimum absolute atomic E-state index is 0.338. The van der Waals surface area contributed by atoms with E-state index in [2.05, 4.69) is 5.32 Å². The molecule has 0 spiro atoms. The van der Waals surface area contributed by atoms with Gasteiger partial charge in [-0.25, -0.2) is 0 Å². The zero-order valence-corrected chi connectivity index (χ0v) is 10.3. The second-order valence-electron chi connectivity index (χ2n) is 5.53. The molecular formula is C14H25NO. The molecule has 0 aromatic rings. The Labute approximate surface area is 99.2 Å². The second-order valence-corrected chi connectivity index (χ2v) is 5.53. The average Bonchev–Trinajstić information content (AvgIpc) is 2.74. The molecule has 2 saturated carbocycles. The lowest BCUT2D eigenvalue weighted by Gasteiger charge is -2.22. The van der Waals surface area contributed by atoms with Crippen molar-refractivity contribution in [2.45, 2.75) is 76.7 Å². The highest BCUT2D eigenvalue weighted by Gasteiger charge is 2.24. The van der Waals surface area contributed by atoms with Crippen molar-refractivity contribution in [3.8, 4) is 0 Å². The van der Waals surface area contributed by atoms with Crippen LogP contribution in [0.25, 0.3) is 0 Å². The summed E-state index contributed by atoms with van der Waals surface area (Å²) in [5, 5.41) is 3.29. The number of carbonyl (C=O) groups excluding carboxylic acids is 1. The molecule has 2 aliphatic carbocycles. The third-order valence-electron chi connectivity index (χ3n) is 4.18. The van der Waals surface area contributed by atoms with Crippen molar-refractivity contribution in [3.05, 3.63) is 0 Å². The quantitative estimate of drug-likeness (QED) is 0.763. The first kappa shape index (κ1) is 11.9. The van der Waals surface area contributed by atoms with Crippen LogP contribution in [0.1, 0.15) is 70.6 Å². The summed E-state index contributed by atoms with van der Waals surface area (Å²) in [6.07, 6.45) is 13.9. The van der Waals surface area contributed by atoms with Crippen LogP contribution >= 0.6 is 0 Å². The van der Waals surface area contributed by atoms with Crippen molar-refractivity contribution in [2.75, 3.05) is 0 Å². The fraction of sp³-hybridized carbons (Fsp3) is 0.929. The number of hydrogen-bond acceptors (Lipinski definition) is 1. The van der Waals surface area contributed by atoms with Gasteiger partial charge in [-0.3, -0.25) is 4.79 Å². The van der Waals surface area contributed by atoms with Gasteiger partial charge in [0, 0.05) is 12.0 Å². The molecule has 0 radical (unpaired) electrons. The molecule has 2 nitrogen and oxygen atoms in total. The van der Waals surface area contributed by atoms with Crippen LogP contribution in [0.2, 0.25) is 0 Å². The number of carbonyl (C=O) groups is 1. The van der Waals surface area contributed by atoms with Crippen LogP contribution in [-0.2, 0) is 4.79 Å². The van der Waals surface area contributed by atoms with Gasteiger partial charge in [0.1, 0.15) is 0 Å². The van der Waals surface area contributed by atoms with Gasteiger partial charge in [-0.1, -0.05) is 44.9 Å². The van der Waals surface area contributed by atoms with Gasteiger partial charge < -0.3 is 5.32 Å². The van der Waals surface area contributed by atoms with Crippen molar-refractivity contribution in [1.82, 2.24) is 5.32 Å². The minimum Gasteiger partial charge on any atom is -0.353 e. The Bertz CT molecular complexity index is 213. The van der Waals surface area contributed by atoms with Gasteiger partial charge in [0.15, 0.2) is 0 Å². The number of amides is 1. The molecule has 2 fully saturated rings. The molecule has 2 aliphatic rings. The van der Waals surface area contributed by atoms with Crippen LogP contribution in [-0.4, -0.2) is 11.9 Å². The summed E-state index contributed by atoms with van der Waals surface area (Å²) in [5.41, 5.74) is 0. The van der Waals surface area contributed by atoms with E-state index in [1.54, 1.807) is 0 Å². The highest BCUT2D eigenvalue weighted by molar-refractivity contribution is 5.79. The summed E-state index contributed by atoms with van der Waals surface area (Å²) in [7, 11) is 0. The molecule has 16 heavy (non-hydrogen) atoms. The van der Waals surface area contributed by atoms with E-state index in [-0.39, 0.29) is 0 Å². The molecule has 0 bridgehead atoms. The molecule has 2 rings (SSSR count). The molecule has 2 heteroatoms. The minimum atomic E-state index is 0.338. The Kier molecular flexibility index (Phi) is 4.68. The molecule has 0 atom stereocenters. The molecule has 0 aliphatic heterocycles. The van der Waals surface area contributed by atoms with Crippen LogP contribution in [0.5, 0.6) is 0 Å². The van der Waals surface area contributed by atoms with E-state index >= 15 is 0 Å². The third kappa shape index (κ3) is 3.50. The van der Waals surface area contributed by atoms with E-state index in [1.807, 2.05) is 0 Å². The SMILES string of the molecule is O=C(NC1CCCCCCC1)C1CCCC1. The third-order valence-corrected chi connectivity index (χ3v) is 4.18. The lowest BCUT2D eigenvalue weighted by Crippen LogP contribution is -2.38. The van der Waals surface area contributed by atoms with Crippen molar-refractivity contribution in [1.29, 1.82) is 0 Å². The van der Waals surface area contributed by atoms with Crippen molar-refractivity contribution in [2.24, 2.45) is 5.92 Å². The Morgan fingerprint density at radius 2 is 1.25 bits per heavy atom. The molecule has 92 valence electrons. The van der Waals surface area contributed by atoms with Crippen LogP contribution in [0.4, 0.5) is 0 Å². The van der Waals surface area contributed by atoms with E-state index in [9.17, 15) is 4.79 Å². The van der Waals surface area contributed by atoms with E-state index in [4.69, 9.17) is 0 Å². The molecule has 1 N–H and O–H groups in total. The summed E-state index contributed by atoms with van der Waals surface area (Å²) in [4.78, 5) is 12.0. The number of rotatable bonds is 2. The van der Waals surface area contributed by atoms with Crippen LogP contribution in [0.15, 0.2) is 0 Å². The summed E-state index contributed by atoms with van der Waals surface area (Å²) < 4.78 is 0. The average molecular weight is 223 g/mol. The monoisotopic (exact) mass is 223 g/mol. The second kappa shape index (κ2) is 6.27. The maximum atomic E-state index is 12.0. The lowest BCUT2D eigenvalue weighted by atomic mass is 9.96. The van der Waals surface area contributed by atoms with E-state index in [1.165, 1.54) is 57.8 Å². The number of nitrogens with one attached hydrogen (secondary N) is 1. The van der Waals surface area contributed by atoms with Crippen molar-refractivity contribution < 1.29 is 4.79 Å². The van der Waals surface area contributed by atoms with E-state index < -0.39 is 0 Å². The molecule has 0 heterocycles. The van der Waals surface area contributed by atoms with Crippen LogP contribution in [0.3, 0.4) is 0 Å². The Morgan fingerprint density at radius 1 is 0.750 bits per heavy atom. The topological polar surface area (TPSA) is 29.1 Å². The van der Waals surface area contributed by atoms with Gasteiger partial charge in [-0.15, -0.1) is 0 Å². The fourth-order valence-electron chi connectivity index (χ4n) is 3.11. The Balaban J connectivity index is 1.75. The molecular weight excluding hydrogens is 198 g/mol. The van der Waals surface area contributed by atoms with Gasteiger partial charge in [0.05, 0.1) is 0 Å².